The predicted molar refractivity (Wildman–Crippen MR) is 276 cm³/mol. The van der Waals surface area contributed by atoms with Crippen LogP contribution in [0.15, 0.2) is 0 Å². The highest BCUT2D eigenvalue weighted by molar-refractivity contribution is 5.69. The first-order valence-electron chi connectivity index (χ1n) is 28.9. The molecule has 1 rings (SSSR count). The zero-order chi connectivity index (χ0) is 47.9. The van der Waals surface area contributed by atoms with Crippen LogP contribution in [-0.4, -0.2) is 88.7 Å². The van der Waals surface area contributed by atoms with Gasteiger partial charge in [-0.05, 0) is 82.8 Å². The molecule has 0 radical (unpaired) electrons. The monoisotopic (exact) mass is 938 g/mol. The molecule has 392 valence electrons. The van der Waals surface area contributed by atoms with E-state index >= 15 is 0 Å². The van der Waals surface area contributed by atoms with Crippen LogP contribution in [-0.2, 0) is 38.0 Å². The smallest absolute Gasteiger partial charge is 0.305 e. The summed E-state index contributed by atoms with van der Waals surface area (Å²) in [6.45, 7) is 17.9. The van der Waals surface area contributed by atoms with Crippen LogP contribution in [0.3, 0.4) is 0 Å². The zero-order valence-corrected chi connectivity index (χ0v) is 44.6. The number of unbranched alkanes of at least 4 members (excludes halogenated alkanes) is 25. The van der Waals surface area contributed by atoms with Gasteiger partial charge in [-0.15, -0.1) is 0 Å². The molecular weight excluding hydrogens is 827 g/mol. The van der Waals surface area contributed by atoms with Crippen molar-refractivity contribution in [2.24, 2.45) is 5.41 Å². The maximum Gasteiger partial charge on any atom is 0.305 e. The van der Waals surface area contributed by atoms with E-state index in [1.165, 1.54) is 167 Å². The van der Waals surface area contributed by atoms with Gasteiger partial charge in [0, 0.05) is 39.3 Å². The summed E-state index contributed by atoms with van der Waals surface area (Å²) in [6.07, 6.45) is 41.6. The number of hydrogen-bond acceptors (Lipinski definition) is 9. The molecule has 0 unspecified atom stereocenters. The third kappa shape index (κ3) is 38.6. The van der Waals surface area contributed by atoms with E-state index in [0.717, 1.165) is 71.0 Å². The maximum atomic E-state index is 13.2. The average Bonchev–Trinajstić information content (AvgIpc) is 3.32. The van der Waals surface area contributed by atoms with Crippen LogP contribution in [0, 0.1) is 5.41 Å². The second-order valence-corrected chi connectivity index (χ2v) is 20.0. The second-order valence-electron chi connectivity index (χ2n) is 20.0. The molecule has 9 nitrogen and oxygen atoms in total. The summed E-state index contributed by atoms with van der Waals surface area (Å²) in [4.78, 5) is 28.9. The molecular formula is C57H111NO8. The lowest BCUT2D eigenvalue weighted by Gasteiger charge is -2.42. The Kier molecular flexibility index (Phi) is 45.1. The first-order chi connectivity index (χ1) is 32.4. The Morgan fingerprint density at radius 2 is 0.682 bits per heavy atom. The van der Waals surface area contributed by atoms with Crippen molar-refractivity contribution in [2.75, 3.05) is 59.3 Å². The molecule has 0 bridgehead atoms. The number of esters is 2. The van der Waals surface area contributed by atoms with Gasteiger partial charge in [0.25, 0.3) is 0 Å². The molecule has 1 fully saturated rings. The van der Waals surface area contributed by atoms with Crippen molar-refractivity contribution < 1.29 is 38.0 Å². The number of piperidine rings is 1. The van der Waals surface area contributed by atoms with Crippen molar-refractivity contribution in [3.8, 4) is 0 Å². The van der Waals surface area contributed by atoms with Gasteiger partial charge < -0.3 is 33.3 Å². The van der Waals surface area contributed by atoms with Gasteiger partial charge in [-0.2, -0.15) is 0 Å². The first-order valence-corrected chi connectivity index (χ1v) is 28.9. The highest BCUT2D eigenvalue weighted by Crippen LogP contribution is 2.39. The summed E-state index contributed by atoms with van der Waals surface area (Å²) < 4.78 is 36.7. The second kappa shape index (κ2) is 47.4. The van der Waals surface area contributed by atoms with Crippen molar-refractivity contribution in [1.29, 1.82) is 0 Å². The van der Waals surface area contributed by atoms with Crippen molar-refractivity contribution in [2.45, 2.75) is 291 Å². The van der Waals surface area contributed by atoms with Crippen molar-refractivity contribution in [1.82, 2.24) is 4.90 Å². The number of likely N-dealkylation sites (tertiary alicyclic amines) is 1. The van der Waals surface area contributed by atoms with Gasteiger partial charge in [0.05, 0.1) is 26.1 Å². The minimum absolute atomic E-state index is 0.0209. The first kappa shape index (κ1) is 62.8. The number of rotatable bonds is 51. The van der Waals surface area contributed by atoms with Gasteiger partial charge in [-0.3, -0.25) is 9.59 Å². The maximum absolute atomic E-state index is 13.2. The standard InChI is InChI=1S/C57H111NO8/c1-6-11-16-20-24-28-32-47-63-55(64-48-33-29-25-21-17-12-7-2)38-36-53(59)61-51-42-57(40-45-58(46-41-57)44-15-10-5)43-52-62-54(60)37-39-56(65-49-34-30-26-22-18-13-8-3)66-50-35-31-27-23-19-14-9-4/h55-56H,6-52H2,1-5H3. The zero-order valence-electron chi connectivity index (χ0n) is 44.6. The molecule has 0 atom stereocenters. The van der Waals surface area contributed by atoms with E-state index in [-0.39, 0.29) is 29.9 Å². The molecule has 1 saturated heterocycles. The van der Waals surface area contributed by atoms with Gasteiger partial charge >= 0.3 is 11.9 Å². The highest BCUT2D eigenvalue weighted by Gasteiger charge is 2.35. The Hall–Kier alpha value is -1.26. The Labute approximate surface area is 409 Å². The molecule has 0 N–H and O–H groups in total. The van der Waals surface area contributed by atoms with Gasteiger partial charge in [-0.1, -0.05) is 195 Å². The van der Waals surface area contributed by atoms with Crippen LogP contribution in [0.2, 0.25) is 0 Å². The van der Waals surface area contributed by atoms with E-state index in [2.05, 4.69) is 39.5 Å². The lowest BCUT2D eigenvalue weighted by molar-refractivity contribution is -0.160. The SMILES string of the molecule is CCCCCCCCCOC(CCC(=O)OCCC1(CCOC(=O)CCC(OCCCCCCCCC)OCCCCCCCCC)CCN(CCCC)CC1)OCCCCCCCCC. The van der Waals surface area contributed by atoms with Crippen molar-refractivity contribution >= 4 is 11.9 Å². The largest absolute Gasteiger partial charge is 0.466 e. The van der Waals surface area contributed by atoms with Crippen LogP contribution < -0.4 is 0 Å². The third-order valence-electron chi connectivity index (χ3n) is 13.9. The van der Waals surface area contributed by atoms with E-state index in [1.54, 1.807) is 0 Å². The number of nitrogens with zero attached hydrogens (tertiary/aromatic N) is 1. The Balaban J connectivity index is 2.66. The van der Waals surface area contributed by atoms with E-state index in [9.17, 15) is 9.59 Å². The molecule has 1 aliphatic rings. The molecule has 0 amide bonds. The van der Waals surface area contributed by atoms with E-state index in [1.807, 2.05) is 0 Å². The topological polar surface area (TPSA) is 92.8 Å². The molecule has 66 heavy (non-hydrogen) atoms. The molecule has 0 saturated carbocycles. The minimum Gasteiger partial charge on any atom is -0.466 e. The van der Waals surface area contributed by atoms with E-state index < -0.39 is 0 Å². The Morgan fingerprint density at radius 1 is 0.394 bits per heavy atom. The molecule has 1 aliphatic heterocycles. The summed E-state index contributed by atoms with van der Waals surface area (Å²) in [5, 5.41) is 0. The quantitative estimate of drug-likeness (QED) is 0.0336. The van der Waals surface area contributed by atoms with Crippen LogP contribution in [0.5, 0.6) is 0 Å². The predicted octanol–water partition coefficient (Wildman–Crippen LogP) is 16.0. The van der Waals surface area contributed by atoms with Gasteiger partial charge in [0.15, 0.2) is 12.6 Å². The fraction of sp³-hybridized carbons (Fsp3) is 0.965. The molecule has 0 aromatic heterocycles. The van der Waals surface area contributed by atoms with Crippen LogP contribution in [0.4, 0.5) is 0 Å². The number of carbonyl (C=O) groups excluding carboxylic acids is 2. The normalized spacial score (nSPS) is 14.2. The molecule has 1 heterocycles. The fourth-order valence-corrected chi connectivity index (χ4v) is 9.16. The molecule has 0 spiro atoms. The van der Waals surface area contributed by atoms with Crippen LogP contribution >= 0.6 is 0 Å². The summed E-state index contributed by atoms with van der Waals surface area (Å²) in [7, 11) is 0. The van der Waals surface area contributed by atoms with Gasteiger partial charge in [-0.25, -0.2) is 0 Å². The Bertz CT molecular complexity index is 928. The summed E-state index contributed by atoms with van der Waals surface area (Å²) in [6, 6.07) is 0. The molecule has 0 aromatic carbocycles. The highest BCUT2D eigenvalue weighted by atomic mass is 16.7. The summed E-state index contributed by atoms with van der Waals surface area (Å²) in [5.74, 6) is -0.363. The Morgan fingerprint density at radius 3 is 0.985 bits per heavy atom. The fourth-order valence-electron chi connectivity index (χ4n) is 9.16. The molecule has 0 aliphatic carbocycles. The lowest BCUT2D eigenvalue weighted by Crippen LogP contribution is -2.41. The van der Waals surface area contributed by atoms with E-state index in [4.69, 9.17) is 28.4 Å². The molecule has 9 heteroatoms. The van der Waals surface area contributed by atoms with Crippen molar-refractivity contribution in [3.05, 3.63) is 0 Å². The average molecular weight is 939 g/mol. The number of ether oxygens (including phenoxy) is 6. The van der Waals surface area contributed by atoms with E-state index in [0.29, 0.717) is 65.3 Å². The van der Waals surface area contributed by atoms with Gasteiger partial charge in [0.2, 0.25) is 0 Å². The lowest BCUT2D eigenvalue weighted by atomic mass is 9.73. The third-order valence-corrected chi connectivity index (χ3v) is 13.9. The van der Waals surface area contributed by atoms with Crippen LogP contribution in [0.25, 0.3) is 0 Å². The van der Waals surface area contributed by atoms with Crippen LogP contribution in [0.1, 0.15) is 279 Å². The molecule has 0 aromatic rings. The minimum atomic E-state index is -0.366. The van der Waals surface area contributed by atoms with Gasteiger partial charge in [0.1, 0.15) is 0 Å². The summed E-state index contributed by atoms with van der Waals surface area (Å²) >= 11 is 0. The summed E-state index contributed by atoms with van der Waals surface area (Å²) in [5.41, 5.74) is -0.0209. The van der Waals surface area contributed by atoms with Crippen molar-refractivity contribution in [3.63, 3.8) is 0 Å². The number of hydrogen-bond donors (Lipinski definition) is 0. The number of carbonyl (C=O) groups is 2.